The van der Waals surface area contributed by atoms with Gasteiger partial charge in [0.05, 0.1) is 22.6 Å². The van der Waals surface area contributed by atoms with Crippen LogP contribution in [0.25, 0.3) is 0 Å². The molecule has 0 aromatic carbocycles. The van der Waals surface area contributed by atoms with Gasteiger partial charge in [-0.25, -0.2) is 15.0 Å². The van der Waals surface area contributed by atoms with Gasteiger partial charge in [0, 0.05) is 6.20 Å². The van der Waals surface area contributed by atoms with Crippen molar-refractivity contribution in [2.75, 3.05) is 5.32 Å². The lowest BCUT2D eigenvalue weighted by molar-refractivity contribution is 1.16. The van der Waals surface area contributed by atoms with Crippen molar-refractivity contribution in [3.8, 4) is 0 Å². The Morgan fingerprint density at radius 1 is 1.20 bits per heavy atom. The van der Waals surface area contributed by atoms with E-state index in [1.807, 2.05) is 13.0 Å². The van der Waals surface area contributed by atoms with Crippen molar-refractivity contribution < 1.29 is 0 Å². The average Bonchev–Trinajstić information content (AvgIpc) is 2.24. The largest absolute Gasteiger partial charge is 0.337 e. The molecule has 0 spiro atoms. The minimum atomic E-state index is 0.760. The van der Waals surface area contributed by atoms with Gasteiger partial charge in [-0.3, -0.25) is 0 Å². The molecule has 5 heteroatoms. The highest BCUT2D eigenvalue weighted by atomic mass is 79.9. The monoisotopic (exact) mass is 264 g/mol. The number of aryl methyl sites for hydroxylation is 1. The number of halogens is 1. The highest BCUT2D eigenvalue weighted by Gasteiger charge is 2.01. The zero-order valence-electron chi connectivity index (χ0n) is 8.11. The maximum Gasteiger partial charge on any atom is 0.144 e. The van der Waals surface area contributed by atoms with Gasteiger partial charge in [0.2, 0.25) is 0 Å². The lowest BCUT2D eigenvalue weighted by Crippen LogP contribution is -1.96. The first-order valence-electron chi connectivity index (χ1n) is 4.40. The molecule has 0 atom stereocenters. The average molecular weight is 265 g/mol. The molecule has 2 aromatic heterocycles. The van der Waals surface area contributed by atoms with Crippen LogP contribution in [-0.2, 0) is 0 Å². The molecule has 0 aliphatic heterocycles. The van der Waals surface area contributed by atoms with Crippen LogP contribution in [0.1, 0.15) is 5.56 Å². The fourth-order valence-corrected chi connectivity index (χ4v) is 1.69. The maximum atomic E-state index is 4.26. The van der Waals surface area contributed by atoms with E-state index < -0.39 is 0 Å². The number of rotatable bonds is 2. The van der Waals surface area contributed by atoms with Crippen LogP contribution in [-0.4, -0.2) is 15.0 Å². The molecule has 0 radical (unpaired) electrons. The molecule has 2 heterocycles. The van der Waals surface area contributed by atoms with Gasteiger partial charge in [0.25, 0.3) is 0 Å². The van der Waals surface area contributed by atoms with Gasteiger partial charge in [-0.15, -0.1) is 0 Å². The van der Waals surface area contributed by atoms with Gasteiger partial charge in [-0.2, -0.15) is 0 Å². The summed E-state index contributed by atoms with van der Waals surface area (Å²) in [7, 11) is 0. The van der Waals surface area contributed by atoms with E-state index in [4.69, 9.17) is 0 Å². The van der Waals surface area contributed by atoms with E-state index in [1.54, 1.807) is 18.6 Å². The van der Waals surface area contributed by atoms with E-state index in [-0.39, 0.29) is 0 Å². The van der Waals surface area contributed by atoms with Crippen LogP contribution in [0, 0.1) is 6.92 Å². The summed E-state index contributed by atoms with van der Waals surface area (Å²) in [5.41, 5.74) is 1.92. The number of nitrogens with one attached hydrogen (secondary N) is 1. The minimum Gasteiger partial charge on any atom is -0.337 e. The number of aromatic nitrogens is 3. The van der Waals surface area contributed by atoms with Crippen molar-refractivity contribution >= 4 is 27.4 Å². The molecule has 0 unspecified atom stereocenters. The van der Waals surface area contributed by atoms with Crippen LogP contribution >= 0.6 is 15.9 Å². The summed E-state index contributed by atoms with van der Waals surface area (Å²) in [4.78, 5) is 12.1. The predicted molar refractivity (Wildman–Crippen MR) is 62.0 cm³/mol. The van der Waals surface area contributed by atoms with Crippen molar-refractivity contribution in [3.05, 3.63) is 41.0 Å². The lowest BCUT2D eigenvalue weighted by Gasteiger charge is -2.06. The fraction of sp³-hybridized carbons (Fsp3) is 0.100. The first kappa shape index (κ1) is 10.0. The number of nitrogens with zero attached hydrogens (tertiary/aromatic N) is 3. The smallest absolute Gasteiger partial charge is 0.144 e. The third-order valence-corrected chi connectivity index (χ3v) is 2.41. The molecule has 15 heavy (non-hydrogen) atoms. The predicted octanol–water partition coefficient (Wildman–Crippen LogP) is 2.69. The molecule has 4 nitrogen and oxygen atoms in total. The van der Waals surface area contributed by atoms with Gasteiger partial charge < -0.3 is 5.32 Å². The third kappa shape index (κ3) is 2.50. The van der Waals surface area contributed by atoms with Crippen molar-refractivity contribution in [2.45, 2.75) is 6.92 Å². The van der Waals surface area contributed by atoms with Gasteiger partial charge >= 0.3 is 0 Å². The van der Waals surface area contributed by atoms with Crippen molar-refractivity contribution in [2.24, 2.45) is 0 Å². The summed E-state index contributed by atoms with van der Waals surface area (Å²) in [6.45, 7) is 1.99. The van der Waals surface area contributed by atoms with Crippen molar-refractivity contribution in [1.82, 2.24) is 15.0 Å². The highest BCUT2D eigenvalue weighted by Crippen LogP contribution is 2.23. The van der Waals surface area contributed by atoms with E-state index in [1.165, 1.54) is 6.33 Å². The van der Waals surface area contributed by atoms with Crippen LogP contribution in [0.4, 0.5) is 11.5 Å². The summed E-state index contributed by atoms with van der Waals surface area (Å²) in [6, 6.07) is 2.00. The Balaban J connectivity index is 2.25. The molecule has 0 saturated carbocycles. The summed E-state index contributed by atoms with van der Waals surface area (Å²) in [5.74, 6) is 0.760. The first-order chi connectivity index (χ1) is 7.25. The maximum absolute atomic E-state index is 4.26. The molecular weight excluding hydrogens is 256 g/mol. The van der Waals surface area contributed by atoms with E-state index in [2.05, 4.69) is 36.2 Å². The van der Waals surface area contributed by atoms with Crippen LogP contribution in [0.2, 0.25) is 0 Å². The molecule has 2 aromatic rings. The topological polar surface area (TPSA) is 50.7 Å². The Labute approximate surface area is 95.9 Å². The summed E-state index contributed by atoms with van der Waals surface area (Å²) in [6.07, 6.45) is 6.68. The Morgan fingerprint density at radius 2 is 1.93 bits per heavy atom. The van der Waals surface area contributed by atoms with Crippen LogP contribution in [0.5, 0.6) is 0 Å². The first-order valence-corrected chi connectivity index (χ1v) is 5.19. The Hall–Kier alpha value is -1.49. The summed E-state index contributed by atoms with van der Waals surface area (Å²) >= 11 is 3.44. The third-order valence-electron chi connectivity index (χ3n) is 1.80. The second kappa shape index (κ2) is 4.35. The normalized spacial score (nSPS) is 10.0. The lowest BCUT2D eigenvalue weighted by atomic mass is 10.3. The number of pyridine rings is 1. The number of hydrogen-bond acceptors (Lipinski definition) is 4. The van der Waals surface area contributed by atoms with E-state index in [9.17, 15) is 0 Å². The number of hydrogen-bond donors (Lipinski definition) is 1. The van der Waals surface area contributed by atoms with Crippen molar-refractivity contribution in [3.63, 3.8) is 0 Å². The van der Waals surface area contributed by atoms with Crippen LogP contribution in [0.3, 0.4) is 0 Å². The summed E-state index contributed by atoms with van der Waals surface area (Å²) in [5, 5.41) is 3.12. The zero-order valence-corrected chi connectivity index (χ0v) is 9.69. The standard InChI is InChI=1S/C10H9BrN4/c1-7-2-9(11)10(14-3-7)15-8-4-12-6-13-5-8/h2-6H,1H3,(H,14,15). The quantitative estimate of drug-likeness (QED) is 0.906. The highest BCUT2D eigenvalue weighted by molar-refractivity contribution is 9.10. The SMILES string of the molecule is Cc1cnc(Nc2cncnc2)c(Br)c1. The molecule has 0 aliphatic carbocycles. The second-order valence-corrected chi connectivity index (χ2v) is 3.95. The Kier molecular flexibility index (Phi) is 2.91. The molecule has 76 valence electrons. The molecule has 1 N–H and O–H groups in total. The van der Waals surface area contributed by atoms with Gasteiger partial charge in [0.1, 0.15) is 12.1 Å². The zero-order chi connectivity index (χ0) is 10.7. The van der Waals surface area contributed by atoms with Crippen molar-refractivity contribution in [1.29, 1.82) is 0 Å². The molecule has 2 rings (SSSR count). The molecule has 0 fully saturated rings. The minimum absolute atomic E-state index is 0.760. The van der Waals surface area contributed by atoms with E-state index in [0.29, 0.717) is 0 Å². The van der Waals surface area contributed by atoms with Gasteiger partial charge in [-0.05, 0) is 34.5 Å². The molecular formula is C10H9BrN4. The number of anilines is 2. The van der Waals surface area contributed by atoms with Gasteiger partial charge in [0.15, 0.2) is 0 Å². The Morgan fingerprint density at radius 3 is 2.60 bits per heavy atom. The van der Waals surface area contributed by atoms with E-state index >= 15 is 0 Å². The van der Waals surface area contributed by atoms with Crippen LogP contribution < -0.4 is 5.32 Å². The van der Waals surface area contributed by atoms with E-state index in [0.717, 1.165) is 21.5 Å². The van der Waals surface area contributed by atoms with Gasteiger partial charge in [-0.1, -0.05) is 0 Å². The van der Waals surface area contributed by atoms with Crippen LogP contribution in [0.15, 0.2) is 35.5 Å². The molecule has 0 aliphatic rings. The summed E-state index contributed by atoms with van der Waals surface area (Å²) < 4.78 is 0.923. The molecule has 0 bridgehead atoms. The second-order valence-electron chi connectivity index (χ2n) is 3.10. The molecule has 0 saturated heterocycles. The molecule has 0 amide bonds. The Bertz CT molecular complexity index is 458. The fourth-order valence-electron chi connectivity index (χ4n) is 1.13.